The number of hydrogen-bond donors (Lipinski definition) is 1. The average molecular weight is 310 g/mol. The second-order valence-electron chi connectivity index (χ2n) is 7.10. The molecule has 0 aromatic heterocycles. The second-order valence-corrected chi connectivity index (χ2v) is 7.53. The van der Waals surface area contributed by atoms with Gasteiger partial charge in [-0.3, -0.25) is 0 Å². The first-order valence-corrected chi connectivity index (χ1v) is 8.44. The van der Waals surface area contributed by atoms with Gasteiger partial charge >= 0.3 is 0 Å². The topological polar surface area (TPSA) is 21.3 Å². The minimum absolute atomic E-state index is 0.140. The first kappa shape index (κ1) is 16.8. The van der Waals surface area contributed by atoms with Gasteiger partial charge in [-0.2, -0.15) is 0 Å². The molecule has 0 radical (unpaired) electrons. The maximum absolute atomic E-state index is 6.16. The van der Waals surface area contributed by atoms with E-state index in [9.17, 15) is 0 Å². The van der Waals surface area contributed by atoms with E-state index in [2.05, 4.69) is 38.2 Å². The van der Waals surface area contributed by atoms with Crippen molar-refractivity contribution >= 4 is 11.6 Å². The number of halogens is 1. The van der Waals surface area contributed by atoms with Crippen LogP contribution in [0.3, 0.4) is 0 Å². The Kier molecular flexibility index (Phi) is 6.09. The van der Waals surface area contributed by atoms with E-state index >= 15 is 0 Å². The van der Waals surface area contributed by atoms with E-state index in [-0.39, 0.29) is 5.54 Å². The first-order valence-electron chi connectivity index (χ1n) is 8.06. The number of hydrogen-bond acceptors (Lipinski definition) is 2. The van der Waals surface area contributed by atoms with Crippen LogP contribution in [0.25, 0.3) is 0 Å². The summed E-state index contributed by atoms with van der Waals surface area (Å²) in [5, 5.41) is 4.46. The monoisotopic (exact) mass is 309 g/mol. The van der Waals surface area contributed by atoms with E-state index in [1.807, 2.05) is 12.1 Å². The average Bonchev–Trinajstić information content (AvgIpc) is 2.90. The summed E-state index contributed by atoms with van der Waals surface area (Å²) >= 11 is 6.16. The van der Waals surface area contributed by atoms with Crippen LogP contribution in [0, 0.1) is 0 Å². The molecule has 1 saturated heterocycles. The zero-order chi connectivity index (χ0) is 15.3. The molecule has 2 nitrogen and oxygen atoms in total. The lowest BCUT2D eigenvalue weighted by atomic mass is 9.91. The highest BCUT2D eigenvalue weighted by molar-refractivity contribution is 6.30. The van der Waals surface area contributed by atoms with E-state index in [1.165, 1.54) is 18.4 Å². The Labute approximate surface area is 134 Å². The third-order valence-electron chi connectivity index (χ3n) is 4.06. The van der Waals surface area contributed by atoms with Crippen molar-refractivity contribution in [3.05, 3.63) is 34.9 Å². The van der Waals surface area contributed by atoms with Gasteiger partial charge in [0, 0.05) is 23.7 Å². The Balaban J connectivity index is 1.98. The lowest BCUT2D eigenvalue weighted by Crippen LogP contribution is -2.38. The largest absolute Gasteiger partial charge is 0.378 e. The molecule has 0 bridgehead atoms. The van der Waals surface area contributed by atoms with E-state index < -0.39 is 0 Å². The molecule has 118 valence electrons. The molecule has 1 aromatic carbocycles. The van der Waals surface area contributed by atoms with Crippen LogP contribution < -0.4 is 5.32 Å². The summed E-state index contributed by atoms with van der Waals surface area (Å²) in [6, 6.07) is 8.29. The van der Waals surface area contributed by atoms with Crippen molar-refractivity contribution in [1.82, 2.24) is 5.32 Å². The first-order chi connectivity index (χ1) is 9.94. The molecule has 3 heteroatoms. The summed E-state index contributed by atoms with van der Waals surface area (Å²) in [4.78, 5) is 0. The summed E-state index contributed by atoms with van der Waals surface area (Å²) in [7, 11) is 0. The van der Waals surface area contributed by atoms with Crippen LogP contribution in [0.1, 0.15) is 57.9 Å². The maximum Gasteiger partial charge on any atom is 0.0576 e. The van der Waals surface area contributed by atoms with E-state index in [0.29, 0.717) is 12.0 Å². The van der Waals surface area contributed by atoms with Gasteiger partial charge < -0.3 is 10.1 Å². The minimum atomic E-state index is 0.140. The molecule has 0 amide bonds. The molecule has 1 N–H and O–H groups in total. The predicted molar refractivity (Wildman–Crippen MR) is 90.2 cm³/mol. The van der Waals surface area contributed by atoms with Crippen LogP contribution >= 0.6 is 11.6 Å². The van der Waals surface area contributed by atoms with Gasteiger partial charge in [0.25, 0.3) is 0 Å². The Morgan fingerprint density at radius 3 is 2.81 bits per heavy atom. The van der Waals surface area contributed by atoms with Crippen molar-refractivity contribution < 1.29 is 4.74 Å². The second kappa shape index (κ2) is 7.62. The summed E-state index contributed by atoms with van der Waals surface area (Å²) in [6.45, 7) is 8.55. The molecule has 1 aliphatic rings. The van der Waals surface area contributed by atoms with E-state index in [4.69, 9.17) is 16.3 Å². The van der Waals surface area contributed by atoms with Crippen LogP contribution in [0.2, 0.25) is 5.02 Å². The van der Waals surface area contributed by atoms with Gasteiger partial charge in [0.2, 0.25) is 0 Å². The van der Waals surface area contributed by atoms with Gasteiger partial charge in [0.15, 0.2) is 0 Å². The van der Waals surface area contributed by atoms with Gasteiger partial charge in [0.1, 0.15) is 0 Å². The predicted octanol–water partition coefficient (Wildman–Crippen LogP) is 4.77. The van der Waals surface area contributed by atoms with Gasteiger partial charge in [-0.25, -0.2) is 0 Å². The number of nitrogens with one attached hydrogen (secondary N) is 1. The molecule has 1 aliphatic heterocycles. The van der Waals surface area contributed by atoms with Crippen LogP contribution in [-0.2, 0) is 4.74 Å². The Hall–Kier alpha value is -0.570. The lowest BCUT2D eigenvalue weighted by molar-refractivity contribution is 0.100. The van der Waals surface area contributed by atoms with Gasteiger partial charge in [0.05, 0.1) is 6.10 Å². The Morgan fingerprint density at radius 1 is 1.38 bits per heavy atom. The molecule has 21 heavy (non-hydrogen) atoms. The maximum atomic E-state index is 6.16. The Bertz CT molecular complexity index is 435. The third-order valence-corrected chi connectivity index (χ3v) is 4.30. The van der Waals surface area contributed by atoms with Crippen molar-refractivity contribution in [3.8, 4) is 0 Å². The molecule has 0 spiro atoms. The van der Waals surface area contributed by atoms with Crippen LogP contribution in [-0.4, -0.2) is 24.8 Å². The molecule has 1 aromatic rings. The molecule has 1 fully saturated rings. The number of benzene rings is 1. The van der Waals surface area contributed by atoms with Crippen molar-refractivity contribution in [3.63, 3.8) is 0 Å². The van der Waals surface area contributed by atoms with Crippen molar-refractivity contribution in [1.29, 1.82) is 0 Å². The molecule has 2 unspecified atom stereocenters. The van der Waals surface area contributed by atoms with Crippen molar-refractivity contribution in [2.45, 2.75) is 64.0 Å². The van der Waals surface area contributed by atoms with Crippen LogP contribution in [0.4, 0.5) is 0 Å². The highest BCUT2D eigenvalue weighted by atomic mass is 35.5. The van der Waals surface area contributed by atoms with Crippen molar-refractivity contribution in [2.24, 2.45) is 0 Å². The standard InChI is InChI=1S/C18H28ClNO/c1-18(2,3)20-13-15(9-10-17-8-5-11-21-17)14-6-4-7-16(19)12-14/h4,6-7,12,15,17,20H,5,8-11,13H2,1-3H3. The van der Waals surface area contributed by atoms with Gasteiger partial charge in [-0.15, -0.1) is 0 Å². The van der Waals surface area contributed by atoms with Crippen LogP contribution in [0.15, 0.2) is 24.3 Å². The van der Waals surface area contributed by atoms with Crippen LogP contribution in [0.5, 0.6) is 0 Å². The molecule has 0 aliphatic carbocycles. The fraction of sp³-hybridized carbons (Fsp3) is 0.667. The molecule has 1 heterocycles. The lowest BCUT2D eigenvalue weighted by Gasteiger charge is -2.26. The number of ether oxygens (including phenoxy) is 1. The van der Waals surface area contributed by atoms with Crippen molar-refractivity contribution in [2.75, 3.05) is 13.2 Å². The summed E-state index contributed by atoms with van der Waals surface area (Å²) < 4.78 is 5.76. The summed E-state index contributed by atoms with van der Waals surface area (Å²) in [5.41, 5.74) is 1.47. The van der Waals surface area contributed by atoms with E-state index in [0.717, 1.165) is 31.0 Å². The number of rotatable bonds is 6. The smallest absolute Gasteiger partial charge is 0.0576 e. The minimum Gasteiger partial charge on any atom is -0.378 e. The molecule has 0 saturated carbocycles. The zero-order valence-electron chi connectivity index (χ0n) is 13.5. The fourth-order valence-corrected chi connectivity index (χ4v) is 3.03. The highest BCUT2D eigenvalue weighted by Gasteiger charge is 2.20. The summed E-state index contributed by atoms with van der Waals surface area (Å²) in [6.07, 6.45) is 5.18. The quantitative estimate of drug-likeness (QED) is 0.817. The summed E-state index contributed by atoms with van der Waals surface area (Å²) in [5.74, 6) is 0.493. The molecular weight excluding hydrogens is 282 g/mol. The SMILES string of the molecule is CC(C)(C)NCC(CCC1CCCO1)c1cccc(Cl)c1. The third kappa shape index (κ3) is 5.98. The van der Waals surface area contributed by atoms with Gasteiger partial charge in [-0.05, 0) is 70.1 Å². The fourth-order valence-electron chi connectivity index (χ4n) is 2.84. The van der Waals surface area contributed by atoms with E-state index in [1.54, 1.807) is 0 Å². The molecular formula is C18H28ClNO. The molecule has 2 rings (SSSR count). The highest BCUT2D eigenvalue weighted by Crippen LogP contribution is 2.27. The molecule has 2 atom stereocenters. The zero-order valence-corrected chi connectivity index (χ0v) is 14.2. The van der Waals surface area contributed by atoms with Gasteiger partial charge in [-0.1, -0.05) is 23.7 Å². The Morgan fingerprint density at radius 2 is 2.19 bits per heavy atom. The normalized spacial score (nSPS) is 20.7.